The van der Waals surface area contributed by atoms with Crippen LogP contribution in [-0.4, -0.2) is 42.7 Å². The summed E-state index contributed by atoms with van der Waals surface area (Å²) in [7, 11) is 3.22. The van der Waals surface area contributed by atoms with Crippen molar-refractivity contribution < 1.29 is 14.3 Å². The van der Waals surface area contributed by atoms with Crippen LogP contribution < -0.4 is 20.3 Å². The van der Waals surface area contributed by atoms with Crippen molar-refractivity contribution in [2.45, 2.75) is 65.0 Å². The lowest BCUT2D eigenvalue weighted by Gasteiger charge is -2.28. The van der Waals surface area contributed by atoms with Crippen molar-refractivity contribution in [2.75, 3.05) is 20.8 Å². The Balaban J connectivity index is 1.58. The highest BCUT2D eigenvalue weighted by molar-refractivity contribution is 5.83. The number of hydrogen-bond donors (Lipinski definition) is 2. The van der Waals surface area contributed by atoms with Crippen molar-refractivity contribution in [1.29, 1.82) is 0 Å². The molecule has 2 amide bonds. The van der Waals surface area contributed by atoms with E-state index in [2.05, 4.69) is 16.4 Å². The molecule has 1 aliphatic carbocycles. The summed E-state index contributed by atoms with van der Waals surface area (Å²) in [4.78, 5) is 31.2. The van der Waals surface area contributed by atoms with Crippen LogP contribution in [0.1, 0.15) is 54.4 Å². The molecule has 1 saturated carbocycles. The summed E-state index contributed by atoms with van der Waals surface area (Å²) in [6.45, 7) is 4.76. The first kappa shape index (κ1) is 25.6. The van der Waals surface area contributed by atoms with E-state index in [0.717, 1.165) is 53.3 Å². The molecule has 192 valence electrons. The second-order valence-corrected chi connectivity index (χ2v) is 9.74. The number of aromatic amines is 1. The van der Waals surface area contributed by atoms with E-state index in [1.807, 2.05) is 44.2 Å². The normalized spacial score (nSPS) is 14.0. The van der Waals surface area contributed by atoms with E-state index in [1.54, 1.807) is 19.1 Å². The van der Waals surface area contributed by atoms with E-state index in [-0.39, 0.29) is 24.2 Å². The first-order valence-corrected chi connectivity index (χ1v) is 12.8. The van der Waals surface area contributed by atoms with E-state index < -0.39 is 0 Å². The number of ether oxygens (including phenoxy) is 2. The molecule has 0 atom stereocenters. The third kappa shape index (κ3) is 5.83. The van der Waals surface area contributed by atoms with Gasteiger partial charge in [-0.3, -0.25) is 4.79 Å². The van der Waals surface area contributed by atoms with Gasteiger partial charge in [-0.25, -0.2) is 4.79 Å². The number of carbonyl (C=O) groups is 1. The molecule has 7 heteroatoms. The van der Waals surface area contributed by atoms with Gasteiger partial charge in [0.05, 0.1) is 26.3 Å². The molecule has 2 N–H and O–H groups in total. The van der Waals surface area contributed by atoms with Gasteiger partial charge in [-0.2, -0.15) is 0 Å². The van der Waals surface area contributed by atoms with Crippen LogP contribution in [0.15, 0.2) is 41.2 Å². The number of nitrogens with zero attached hydrogens (tertiary/aromatic N) is 1. The topological polar surface area (TPSA) is 83.7 Å². The molecule has 0 unspecified atom stereocenters. The van der Waals surface area contributed by atoms with Crippen LogP contribution >= 0.6 is 0 Å². The second-order valence-electron chi connectivity index (χ2n) is 9.74. The lowest BCUT2D eigenvalue weighted by molar-refractivity contribution is 0.187. The number of fused-ring (bicyclic) bond motifs is 1. The van der Waals surface area contributed by atoms with Crippen LogP contribution in [0.5, 0.6) is 11.5 Å². The van der Waals surface area contributed by atoms with Crippen molar-refractivity contribution >= 4 is 16.9 Å². The second kappa shape index (κ2) is 11.5. The largest absolute Gasteiger partial charge is 0.493 e. The quantitative estimate of drug-likeness (QED) is 0.451. The summed E-state index contributed by atoms with van der Waals surface area (Å²) in [6.07, 6.45) is 6.14. The minimum Gasteiger partial charge on any atom is -0.493 e. The van der Waals surface area contributed by atoms with Crippen molar-refractivity contribution in [2.24, 2.45) is 0 Å². The standard InChI is InChI=1S/C29H37N3O4/c1-19-10-12-22-17-23(28(33)31-27(22)20(19)2)18-32(29(34)30-24-8-6-5-7-9-24)15-14-21-11-13-25(35-3)26(16-21)36-4/h10-13,16-17,24H,5-9,14-15,18H2,1-4H3,(H,30,34)(H,31,33). The first-order valence-electron chi connectivity index (χ1n) is 12.8. The number of urea groups is 1. The predicted molar refractivity (Wildman–Crippen MR) is 143 cm³/mol. The Morgan fingerprint density at radius 2 is 1.78 bits per heavy atom. The van der Waals surface area contributed by atoms with E-state index in [1.165, 1.54) is 6.42 Å². The number of hydrogen-bond acceptors (Lipinski definition) is 4. The van der Waals surface area contributed by atoms with Crippen LogP contribution in [0.25, 0.3) is 10.9 Å². The number of carbonyl (C=O) groups excluding carboxylic acids is 1. The van der Waals surface area contributed by atoms with Gasteiger partial charge in [0.1, 0.15) is 0 Å². The number of benzene rings is 2. The maximum Gasteiger partial charge on any atom is 0.317 e. The summed E-state index contributed by atoms with van der Waals surface area (Å²) < 4.78 is 10.8. The van der Waals surface area contributed by atoms with Gasteiger partial charge in [-0.15, -0.1) is 0 Å². The molecule has 1 heterocycles. The predicted octanol–water partition coefficient (Wildman–Crippen LogP) is 5.25. The maximum absolute atomic E-state index is 13.4. The summed E-state index contributed by atoms with van der Waals surface area (Å²) in [5, 5.41) is 4.19. The fourth-order valence-corrected chi connectivity index (χ4v) is 4.96. The van der Waals surface area contributed by atoms with Gasteiger partial charge < -0.3 is 24.7 Å². The molecule has 1 fully saturated rings. The van der Waals surface area contributed by atoms with Crippen molar-refractivity contribution in [3.63, 3.8) is 0 Å². The average Bonchev–Trinajstić information content (AvgIpc) is 2.89. The molecule has 4 rings (SSSR count). The minimum absolute atomic E-state index is 0.123. The third-order valence-corrected chi connectivity index (χ3v) is 7.33. The Bertz CT molecular complexity index is 1280. The first-order chi connectivity index (χ1) is 17.4. The molecular formula is C29H37N3O4. The SMILES string of the molecule is COc1ccc(CCN(Cc2cc3ccc(C)c(C)c3[nH]c2=O)C(=O)NC2CCCCC2)cc1OC. The molecule has 1 aliphatic rings. The Kier molecular flexibility index (Phi) is 8.18. The number of pyridine rings is 1. The number of amides is 2. The number of aromatic nitrogens is 1. The number of methoxy groups -OCH3 is 2. The Labute approximate surface area is 212 Å². The Hall–Kier alpha value is -3.48. The van der Waals surface area contributed by atoms with Crippen LogP contribution in [0.3, 0.4) is 0 Å². The molecule has 3 aromatic rings. The highest BCUT2D eigenvalue weighted by atomic mass is 16.5. The summed E-state index contributed by atoms with van der Waals surface area (Å²) in [5.41, 5.74) is 4.51. The van der Waals surface area contributed by atoms with E-state index in [9.17, 15) is 9.59 Å². The van der Waals surface area contributed by atoms with E-state index in [4.69, 9.17) is 9.47 Å². The van der Waals surface area contributed by atoms with Crippen molar-refractivity contribution in [3.8, 4) is 11.5 Å². The van der Waals surface area contributed by atoms with Gasteiger partial charge in [0.15, 0.2) is 11.5 Å². The van der Waals surface area contributed by atoms with Gasteiger partial charge in [-0.05, 0) is 73.4 Å². The average molecular weight is 492 g/mol. The summed E-state index contributed by atoms with van der Waals surface area (Å²) >= 11 is 0. The monoisotopic (exact) mass is 491 g/mol. The fourth-order valence-electron chi connectivity index (χ4n) is 4.96. The lowest BCUT2D eigenvalue weighted by atomic mass is 9.96. The molecule has 0 saturated heterocycles. The fraction of sp³-hybridized carbons (Fsp3) is 0.448. The Morgan fingerprint density at radius 3 is 2.50 bits per heavy atom. The minimum atomic E-state index is -0.155. The van der Waals surface area contributed by atoms with Crippen molar-refractivity contribution in [1.82, 2.24) is 15.2 Å². The van der Waals surface area contributed by atoms with Crippen LogP contribution in [0, 0.1) is 13.8 Å². The van der Waals surface area contributed by atoms with Crippen LogP contribution in [0.4, 0.5) is 4.79 Å². The number of aryl methyl sites for hydroxylation is 2. The molecule has 0 radical (unpaired) electrons. The van der Waals surface area contributed by atoms with Gasteiger partial charge in [0, 0.05) is 18.2 Å². The molecule has 0 aliphatic heterocycles. The van der Waals surface area contributed by atoms with Crippen LogP contribution in [0.2, 0.25) is 0 Å². The molecule has 1 aromatic heterocycles. The van der Waals surface area contributed by atoms with Crippen molar-refractivity contribution in [3.05, 3.63) is 69.0 Å². The zero-order chi connectivity index (χ0) is 25.7. The molecule has 2 aromatic carbocycles. The maximum atomic E-state index is 13.4. The van der Waals surface area contributed by atoms with E-state index >= 15 is 0 Å². The molecular weight excluding hydrogens is 454 g/mol. The number of H-pyrrole nitrogens is 1. The van der Waals surface area contributed by atoms with Gasteiger partial charge >= 0.3 is 6.03 Å². The zero-order valence-corrected chi connectivity index (χ0v) is 21.8. The zero-order valence-electron chi connectivity index (χ0n) is 21.8. The third-order valence-electron chi connectivity index (χ3n) is 7.33. The molecule has 0 spiro atoms. The van der Waals surface area contributed by atoms with Gasteiger partial charge in [0.2, 0.25) is 0 Å². The van der Waals surface area contributed by atoms with Crippen LogP contribution in [-0.2, 0) is 13.0 Å². The van der Waals surface area contributed by atoms with Gasteiger partial charge in [0.25, 0.3) is 5.56 Å². The Morgan fingerprint density at radius 1 is 1.03 bits per heavy atom. The number of nitrogens with one attached hydrogen (secondary N) is 2. The molecule has 7 nitrogen and oxygen atoms in total. The highest BCUT2D eigenvalue weighted by Gasteiger charge is 2.21. The van der Waals surface area contributed by atoms with E-state index in [0.29, 0.717) is 30.0 Å². The molecule has 36 heavy (non-hydrogen) atoms. The number of rotatable bonds is 8. The summed E-state index contributed by atoms with van der Waals surface area (Å²) in [5.74, 6) is 1.33. The summed E-state index contributed by atoms with van der Waals surface area (Å²) in [6, 6.07) is 11.8. The van der Waals surface area contributed by atoms with Gasteiger partial charge in [-0.1, -0.05) is 37.5 Å². The molecule has 0 bridgehead atoms. The highest BCUT2D eigenvalue weighted by Crippen LogP contribution is 2.28. The smallest absolute Gasteiger partial charge is 0.317 e. The lowest BCUT2D eigenvalue weighted by Crippen LogP contribution is -2.46.